The maximum Gasteiger partial charge on any atom is 0.262 e. The third kappa shape index (κ3) is 1.96. The van der Waals surface area contributed by atoms with Gasteiger partial charge >= 0.3 is 0 Å². The Bertz CT molecular complexity index is 592. The Morgan fingerprint density at radius 1 is 1.24 bits per heavy atom. The number of nitrogens with two attached hydrogens (primary N) is 1. The Hall–Kier alpha value is -1.86. The lowest BCUT2D eigenvalue weighted by Crippen LogP contribution is -2.66. The highest BCUT2D eigenvalue weighted by atomic mass is 19.2. The van der Waals surface area contributed by atoms with Gasteiger partial charge in [0.1, 0.15) is 0 Å². The molecule has 0 aromatic heterocycles. The fraction of sp³-hybridized carbons (Fsp3) is 0.429. The normalized spacial score (nSPS) is 27.8. The molecule has 112 valence electrons. The first kappa shape index (κ1) is 14.1. The van der Waals surface area contributed by atoms with Crippen LogP contribution < -0.4 is 5.73 Å². The van der Waals surface area contributed by atoms with Crippen molar-refractivity contribution in [1.29, 1.82) is 0 Å². The van der Waals surface area contributed by atoms with Gasteiger partial charge in [-0.1, -0.05) is 0 Å². The van der Waals surface area contributed by atoms with Crippen LogP contribution in [0.5, 0.6) is 0 Å². The molecule has 2 aliphatic rings. The summed E-state index contributed by atoms with van der Waals surface area (Å²) in [6, 6.07) is 0.525. The van der Waals surface area contributed by atoms with E-state index in [2.05, 4.69) is 0 Å². The number of halogens is 2. The molecule has 0 saturated heterocycles. The molecule has 1 saturated carbocycles. The van der Waals surface area contributed by atoms with E-state index in [1.54, 1.807) is 6.92 Å². The number of fused-ring (bicyclic) bond motifs is 1. The molecule has 1 heterocycles. The zero-order valence-electron chi connectivity index (χ0n) is 11.3. The predicted octanol–water partition coefficient (Wildman–Crippen LogP) is 1.07. The van der Waals surface area contributed by atoms with E-state index in [0.717, 1.165) is 17.0 Å². The van der Waals surface area contributed by atoms with Gasteiger partial charge in [-0.25, -0.2) is 8.78 Å². The van der Waals surface area contributed by atoms with Crippen molar-refractivity contribution in [2.45, 2.75) is 31.5 Å². The van der Waals surface area contributed by atoms with Crippen molar-refractivity contribution >= 4 is 11.8 Å². The van der Waals surface area contributed by atoms with E-state index in [9.17, 15) is 18.4 Å². The van der Waals surface area contributed by atoms with Gasteiger partial charge in [-0.2, -0.15) is 0 Å². The number of nitrogens with zero attached hydrogens (tertiary/aromatic N) is 1. The summed E-state index contributed by atoms with van der Waals surface area (Å²) >= 11 is 0. The highest BCUT2D eigenvalue weighted by Crippen LogP contribution is 2.34. The summed E-state index contributed by atoms with van der Waals surface area (Å²) in [5, 5.41) is 0. The number of carbonyl (C=O) groups is 2. The maximum atomic E-state index is 13.3. The van der Waals surface area contributed by atoms with Gasteiger partial charge in [0.25, 0.3) is 11.8 Å². The van der Waals surface area contributed by atoms with E-state index in [1.165, 1.54) is 0 Å². The van der Waals surface area contributed by atoms with Gasteiger partial charge in [-0.05, 0) is 25.5 Å². The third-order valence-corrected chi connectivity index (χ3v) is 3.96. The molecule has 0 bridgehead atoms. The molecule has 1 aliphatic heterocycles. The molecular weight excluding hydrogens is 282 g/mol. The Labute approximate surface area is 119 Å². The van der Waals surface area contributed by atoms with E-state index in [0.29, 0.717) is 13.0 Å². The third-order valence-electron chi connectivity index (χ3n) is 3.96. The van der Waals surface area contributed by atoms with E-state index in [-0.39, 0.29) is 17.2 Å². The summed E-state index contributed by atoms with van der Waals surface area (Å²) in [4.78, 5) is 25.6. The van der Waals surface area contributed by atoms with Gasteiger partial charge in [0, 0.05) is 12.6 Å². The summed E-state index contributed by atoms with van der Waals surface area (Å²) < 4.78 is 32.0. The summed E-state index contributed by atoms with van der Waals surface area (Å²) in [7, 11) is 0. The molecule has 7 heteroatoms. The lowest BCUT2D eigenvalue weighted by Gasteiger charge is -2.45. The second-order valence-electron chi connectivity index (χ2n) is 5.18. The number of benzene rings is 1. The van der Waals surface area contributed by atoms with Gasteiger partial charge in [0.2, 0.25) is 0 Å². The van der Waals surface area contributed by atoms with Crippen LogP contribution in [0.4, 0.5) is 8.78 Å². The number of ether oxygens (including phenoxy) is 1. The quantitative estimate of drug-likeness (QED) is 0.847. The van der Waals surface area contributed by atoms with Crippen molar-refractivity contribution < 1.29 is 23.1 Å². The van der Waals surface area contributed by atoms with Crippen molar-refractivity contribution in [3.05, 3.63) is 34.9 Å². The maximum absolute atomic E-state index is 13.3. The molecule has 1 fully saturated rings. The number of hydrogen-bond acceptors (Lipinski definition) is 4. The molecule has 3 atom stereocenters. The van der Waals surface area contributed by atoms with Crippen LogP contribution in [0, 0.1) is 11.6 Å². The SMILES string of the molecule is CCOC1CC(N)C1N1C(=O)c2cc(F)c(F)cc2C1=O. The fourth-order valence-corrected chi connectivity index (χ4v) is 2.89. The first-order chi connectivity index (χ1) is 9.95. The lowest BCUT2D eigenvalue weighted by molar-refractivity contribution is -0.0611. The monoisotopic (exact) mass is 296 g/mol. The van der Waals surface area contributed by atoms with Gasteiger partial charge in [-0.15, -0.1) is 0 Å². The van der Waals surface area contributed by atoms with Gasteiger partial charge < -0.3 is 10.5 Å². The Kier molecular flexibility index (Phi) is 3.26. The molecule has 21 heavy (non-hydrogen) atoms. The highest BCUT2D eigenvalue weighted by molar-refractivity contribution is 6.21. The minimum absolute atomic E-state index is 0.131. The average molecular weight is 296 g/mol. The smallest absolute Gasteiger partial charge is 0.262 e. The molecule has 5 nitrogen and oxygen atoms in total. The minimum atomic E-state index is -1.16. The topological polar surface area (TPSA) is 72.6 Å². The molecule has 0 radical (unpaired) electrons. The van der Waals surface area contributed by atoms with Crippen molar-refractivity contribution in [3.8, 4) is 0 Å². The van der Waals surface area contributed by atoms with Crippen LogP contribution in [-0.2, 0) is 4.74 Å². The van der Waals surface area contributed by atoms with Crippen molar-refractivity contribution in [2.24, 2.45) is 5.73 Å². The predicted molar refractivity (Wildman–Crippen MR) is 68.7 cm³/mol. The molecule has 2 N–H and O–H groups in total. The largest absolute Gasteiger partial charge is 0.376 e. The molecule has 1 aromatic rings. The molecule has 0 spiro atoms. The Morgan fingerprint density at radius 3 is 2.19 bits per heavy atom. The molecular formula is C14H14F2N2O3. The van der Waals surface area contributed by atoms with Crippen LogP contribution >= 0.6 is 0 Å². The van der Waals surface area contributed by atoms with Crippen molar-refractivity contribution in [1.82, 2.24) is 4.90 Å². The van der Waals surface area contributed by atoms with Crippen molar-refractivity contribution in [2.75, 3.05) is 6.61 Å². The zero-order valence-corrected chi connectivity index (χ0v) is 11.3. The highest BCUT2D eigenvalue weighted by Gasteiger charge is 2.51. The molecule has 1 aromatic carbocycles. The number of imide groups is 1. The second kappa shape index (κ2) is 4.85. The zero-order chi connectivity index (χ0) is 15.3. The number of rotatable bonds is 3. The van der Waals surface area contributed by atoms with Gasteiger partial charge in [0.15, 0.2) is 11.6 Å². The minimum Gasteiger partial charge on any atom is -0.376 e. The number of carbonyl (C=O) groups excluding carboxylic acids is 2. The Balaban J connectivity index is 1.96. The van der Waals surface area contributed by atoms with E-state index in [1.807, 2.05) is 0 Å². The van der Waals surface area contributed by atoms with Gasteiger partial charge in [-0.3, -0.25) is 14.5 Å². The first-order valence-corrected chi connectivity index (χ1v) is 6.69. The van der Waals surface area contributed by atoms with Crippen LogP contribution in [0.15, 0.2) is 12.1 Å². The van der Waals surface area contributed by atoms with Crippen LogP contribution in [0.3, 0.4) is 0 Å². The summed E-state index contributed by atoms with van der Waals surface area (Å²) in [5.74, 6) is -3.62. The molecule has 2 amide bonds. The van der Waals surface area contributed by atoms with E-state index >= 15 is 0 Å². The first-order valence-electron chi connectivity index (χ1n) is 6.69. The number of hydrogen-bond donors (Lipinski definition) is 1. The summed E-state index contributed by atoms with van der Waals surface area (Å²) in [6.45, 7) is 2.23. The van der Waals surface area contributed by atoms with E-state index < -0.39 is 35.5 Å². The standard InChI is InChI=1S/C14H14F2N2O3/c1-2-21-11-5-10(17)12(11)18-13(19)6-3-8(15)9(16)4-7(6)14(18)20/h3-4,10-12H,2,5,17H2,1H3. The number of amides is 2. The summed E-state index contributed by atoms with van der Waals surface area (Å²) in [6.07, 6.45) is 0.205. The van der Waals surface area contributed by atoms with Crippen molar-refractivity contribution in [3.63, 3.8) is 0 Å². The average Bonchev–Trinajstić information content (AvgIpc) is 2.65. The van der Waals surface area contributed by atoms with Gasteiger partial charge in [0.05, 0.1) is 23.3 Å². The van der Waals surface area contributed by atoms with Crippen LogP contribution in [0.1, 0.15) is 34.1 Å². The van der Waals surface area contributed by atoms with E-state index in [4.69, 9.17) is 10.5 Å². The summed E-state index contributed by atoms with van der Waals surface area (Å²) in [5.41, 5.74) is 5.61. The molecule has 1 aliphatic carbocycles. The second-order valence-corrected chi connectivity index (χ2v) is 5.18. The Morgan fingerprint density at radius 2 is 1.76 bits per heavy atom. The lowest BCUT2D eigenvalue weighted by atomic mass is 9.82. The molecule has 3 unspecified atom stereocenters. The molecule has 3 rings (SSSR count). The van der Waals surface area contributed by atoms with Crippen LogP contribution in [0.25, 0.3) is 0 Å². The van der Waals surface area contributed by atoms with Crippen LogP contribution in [-0.4, -0.2) is 41.5 Å². The van der Waals surface area contributed by atoms with Crippen LogP contribution in [0.2, 0.25) is 0 Å². The fourth-order valence-electron chi connectivity index (χ4n) is 2.89.